The van der Waals surface area contributed by atoms with Gasteiger partial charge in [-0.1, -0.05) is 6.42 Å². The van der Waals surface area contributed by atoms with Gasteiger partial charge in [-0.15, -0.1) is 0 Å². The lowest BCUT2D eigenvalue weighted by Crippen LogP contribution is -2.36. The summed E-state index contributed by atoms with van der Waals surface area (Å²) in [5.41, 5.74) is -0.469. The van der Waals surface area contributed by atoms with Crippen LogP contribution in [0, 0.1) is 0 Å². The first-order chi connectivity index (χ1) is 6.57. The molecule has 80 valence electrons. The van der Waals surface area contributed by atoms with Crippen molar-refractivity contribution in [2.75, 3.05) is 7.11 Å². The molecule has 0 spiro atoms. The van der Waals surface area contributed by atoms with E-state index in [-0.39, 0.29) is 0 Å². The predicted octanol–water partition coefficient (Wildman–Crippen LogP) is 1.43. The van der Waals surface area contributed by atoms with Gasteiger partial charge in [0, 0.05) is 0 Å². The van der Waals surface area contributed by atoms with E-state index in [1.807, 2.05) is 6.92 Å². The maximum absolute atomic E-state index is 11.2. The molecule has 1 aliphatic carbocycles. The Hall–Kier alpha value is -1.06. The second kappa shape index (κ2) is 4.44. The highest BCUT2D eigenvalue weighted by atomic mass is 16.6. The van der Waals surface area contributed by atoms with Gasteiger partial charge >= 0.3 is 11.9 Å². The first-order valence-electron chi connectivity index (χ1n) is 4.89. The van der Waals surface area contributed by atoms with Crippen LogP contribution in [0.5, 0.6) is 0 Å². The molecule has 0 unspecified atom stereocenters. The highest BCUT2D eigenvalue weighted by molar-refractivity contribution is 6.29. The quantitative estimate of drug-likeness (QED) is 0.474. The molecule has 0 aromatic carbocycles. The number of esters is 2. The molecule has 0 aromatic rings. The average molecular weight is 200 g/mol. The van der Waals surface area contributed by atoms with E-state index in [1.165, 1.54) is 13.5 Å². The molecular weight excluding hydrogens is 184 g/mol. The topological polar surface area (TPSA) is 52.6 Å². The Morgan fingerprint density at radius 2 is 1.64 bits per heavy atom. The van der Waals surface area contributed by atoms with E-state index in [4.69, 9.17) is 4.74 Å². The molecular formula is C10H16O4. The zero-order chi connectivity index (χ0) is 10.6. The van der Waals surface area contributed by atoms with Gasteiger partial charge in [0.1, 0.15) is 5.60 Å². The lowest BCUT2D eigenvalue weighted by atomic mass is 9.86. The summed E-state index contributed by atoms with van der Waals surface area (Å²) in [7, 11) is 1.17. The highest BCUT2D eigenvalue weighted by Gasteiger charge is 2.33. The lowest BCUT2D eigenvalue weighted by molar-refractivity contribution is -0.177. The van der Waals surface area contributed by atoms with Crippen LogP contribution in [-0.2, 0) is 19.1 Å². The Kier molecular flexibility index (Phi) is 3.49. The first-order valence-corrected chi connectivity index (χ1v) is 4.89. The lowest BCUT2D eigenvalue weighted by Gasteiger charge is -2.32. The summed E-state index contributed by atoms with van der Waals surface area (Å²) in [5, 5.41) is 0. The van der Waals surface area contributed by atoms with Crippen molar-refractivity contribution in [1.82, 2.24) is 0 Å². The summed E-state index contributed by atoms with van der Waals surface area (Å²) >= 11 is 0. The zero-order valence-corrected chi connectivity index (χ0v) is 8.67. The van der Waals surface area contributed by atoms with Crippen molar-refractivity contribution in [1.29, 1.82) is 0 Å². The SMILES string of the molecule is COC(=O)C(=O)OC1(C)CCCCC1. The Morgan fingerprint density at radius 3 is 2.14 bits per heavy atom. The number of ether oxygens (including phenoxy) is 2. The van der Waals surface area contributed by atoms with Crippen molar-refractivity contribution in [2.24, 2.45) is 0 Å². The number of hydrogen-bond acceptors (Lipinski definition) is 4. The van der Waals surface area contributed by atoms with Crippen LogP contribution in [0.3, 0.4) is 0 Å². The molecule has 0 saturated heterocycles. The zero-order valence-electron chi connectivity index (χ0n) is 8.67. The van der Waals surface area contributed by atoms with Gasteiger partial charge in [-0.2, -0.15) is 0 Å². The van der Waals surface area contributed by atoms with E-state index < -0.39 is 17.5 Å². The van der Waals surface area contributed by atoms with Crippen molar-refractivity contribution in [3.63, 3.8) is 0 Å². The monoisotopic (exact) mass is 200 g/mol. The average Bonchev–Trinajstić information content (AvgIpc) is 2.17. The summed E-state index contributed by atoms with van der Waals surface area (Å²) in [4.78, 5) is 22.0. The van der Waals surface area contributed by atoms with E-state index in [1.54, 1.807) is 0 Å². The fourth-order valence-electron chi connectivity index (χ4n) is 1.75. The third-order valence-corrected chi connectivity index (χ3v) is 2.60. The Balaban J connectivity index is 2.49. The molecule has 0 N–H and O–H groups in total. The van der Waals surface area contributed by atoms with Gasteiger partial charge in [-0.25, -0.2) is 9.59 Å². The minimum atomic E-state index is -0.920. The molecule has 0 atom stereocenters. The van der Waals surface area contributed by atoms with Crippen LogP contribution in [0.4, 0.5) is 0 Å². The molecule has 0 aromatic heterocycles. The number of hydrogen-bond donors (Lipinski definition) is 0. The van der Waals surface area contributed by atoms with Gasteiger partial charge in [0.05, 0.1) is 7.11 Å². The number of carbonyl (C=O) groups is 2. The van der Waals surface area contributed by atoms with Gasteiger partial charge < -0.3 is 9.47 Å². The van der Waals surface area contributed by atoms with Crippen molar-refractivity contribution >= 4 is 11.9 Å². The van der Waals surface area contributed by atoms with Crippen LogP contribution < -0.4 is 0 Å². The number of rotatable bonds is 1. The molecule has 1 aliphatic rings. The van der Waals surface area contributed by atoms with E-state index in [0.29, 0.717) is 0 Å². The third-order valence-electron chi connectivity index (χ3n) is 2.60. The molecule has 1 rings (SSSR count). The molecule has 1 saturated carbocycles. The minimum Gasteiger partial charge on any atom is -0.461 e. The van der Waals surface area contributed by atoms with Crippen molar-refractivity contribution in [2.45, 2.75) is 44.6 Å². The van der Waals surface area contributed by atoms with Crippen molar-refractivity contribution in [3.8, 4) is 0 Å². The van der Waals surface area contributed by atoms with Crippen molar-refractivity contribution in [3.05, 3.63) is 0 Å². The molecule has 4 heteroatoms. The molecule has 0 bridgehead atoms. The summed E-state index contributed by atoms with van der Waals surface area (Å²) in [6.45, 7) is 1.87. The van der Waals surface area contributed by atoms with Crippen LogP contribution in [0.1, 0.15) is 39.0 Å². The maximum Gasteiger partial charge on any atom is 0.418 e. The molecule has 0 amide bonds. The molecule has 1 fully saturated rings. The third kappa shape index (κ3) is 2.72. The van der Waals surface area contributed by atoms with Crippen LogP contribution in [0.15, 0.2) is 0 Å². The summed E-state index contributed by atoms with van der Waals surface area (Å²) in [5.74, 6) is -1.80. The summed E-state index contributed by atoms with van der Waals surface area (Å²) in [6.07, 6.45) is 4.92. The summed E-state index contributed by atoms with van der Waals surface area (Å²) < 4.78 is 9.40. The number of methoxy groups -OCH3 is 1. The molecule has 0 aliphatic heterocycles. The molecule has 0 radical (unpaired) electrons. The molecule has 4 nitrogen and oxygen atoms in total. The standard InChI is InChI=1S/C10H16O4/c1-10(6-4-3-5-7-10)14-9(12)8(11)13-2/h3-7H2,1-2H3. The predicted molar refractivity (Wildman–Crippen MR) is 49.6 cm³/mol. The van der Waals surface area contributed by atoms with Gasteiger partial charge in [-0.3, -0.25) is 0 Å². The van der Waals surface area contributed by atoms with Crippen LogP contribution in [-0.4, -0.2) is 24.6 Å². The van der Waals surface area contributed by atoms with Gasteiger partial charge in [0.15, 0.2) is 0 Å². The maximum atomic E-state index is 11.2. The second-order valence-electron chi connectivity index (χ2n) is 3.89. The number of carbonyl (C=O) groups excluding carboxylic acids is 2. The van der Waals surface area contributed by atoms with Gasteiger partial charge in [0.25, 0.3) is 0 Å². The second-order valence-corrected chi connectivity index (χ2v) is 3.89. The van der Waals surface area contributed by atoms with Crippen LogP contribution in [0.2, 0.25) is 0 Å². The van der Waals surface area contributed by atoms with Gasteiger partial charge in [-0.05, 0) is 32.6 Å². The van der Waals surface area contributed by atoms with E-state index in [2.05, 4.69) is 4.74 Å². The molecule has 14 heavy (non-hydrogen) atoms. The fraction of sp³-hybridized carbons (Fsp3) is 0.800. The largest absolute Gasteiger partial charge is 0.461 e. The normalized spacial score (nSPS) is 19.9. The van der Waals surface area contributed by atoms with Crippen LogP contribution >= 0.6 is 0 Å². The van der Waals surface area contributed by atoms with Crippen LogP contribution in [0.25, 0.3) is 0 Å². The first kappa shape index (κ1) is 11.0. The minimum absolute atomic E-state index is 0.469. The smallest absolute Gasteiger partial charge is 0.418 e. The van der Waals surface area contributed by atoms with E-state index >= 15 is 0 Å². The Labute approximate surface area is 83.6 Å². The van der Waals surface area contributed by atoms with Crippen molar-refractivity contribution < 1.29 is 19.1 Å². The van der Waals surface area contributed by atoms with E-state index in [9.17, 15) is 9.59 Å². The van der Waals surface area contributed by atoms with Gasteiger partial charge in [0.2, 0.25) is 0 Å². The fourth-order valence-corrected chi connectivity index (χ4v) is 1.75. The Bertz CT molecular complexity index is 228. The molecule has 0 heterocycles. The summed E-state index contributed by atoms with van der Waals surface area (Å²) in [6, 6.07) is 0. The Morgan fingerprint density at radius 1 is 1.07 bits per heavy atom. The van der Waals surface area contributed by atoms with E-state index in [0.717, 1.165) is 25.7 Å². The highest BCUT2D eigenvalue weighted by Crippen LogP contribution is 2.31.